The van der Waals surface area contributed by atoms with Crippen molar-refractivity contribution in [1.82, 2.24) is 5.32 Å². The molecule has 1 aromatic carbocycles. The monoisotopic (exact) mass is 256 g/mol. The molecule has 0 saturated heterocycles. The van der Waals surface area contributed by atoms with Crippen LogP contribution in [-0.2, 0) is 0 Å². The van der Waals surface area contributed by atoms with E-state index in [-0.39, 0.29) is 17.7 Å². The smallest absolute Gasteiger partial charge is 0.285 e. The molecule has 0 aromatic heterocycles. The summed E-state index contributed by atoms with van der Waals surface area (Å²) in [6.07, 6.45) is 0. The SMILES string of the molecule is Cc1cc(F)cc(C(=O)NC(C)CO)c1[N+](=O)[O-]. The third-order valence-electron chi connectivity index (χ3n) is 2.34. The van der Waals surface area contributed by atoms with Gasteiger partial charge in [-0.15, -0.1) is 0 Å². The number of nitro benzene ring substituents is 1. The van der Waals surface area contributed by atoms with Crippen LogP contribution in [0.1, 0.15) is 22.8 Å². The zero-order chi connectivity index (χ0) is 13.9. The fourth-order valence-corrected chi connectivity index (χ4v) is 1.50. The van der Waals surface area contributed by atoms with Crippen LogP contribution in [0.25, 0.3) is 0 Å². The molecule has 1 unspecified atom stereocenters. The average Bonchev–Trinajstić information content (AvgIpc) is 2.26. The molecule has 6 nitrogen and oxygen atoms in total. The highest BCUT2D eigenvalue weighted by Gasteiger charge is 2.24. The van der Waals surface area contributed by atoms with Crippen LogP contribution in [0.5, 0.6) is 0 Å². The maximum Gasteiger partial charge on any atom is 0.285 e. The van der Waals surface area contributed by atoms with E-state index in [0.29, 0.717) is 0 Å². The number of aryl methyl sites for hydroxylation is 1. The van der Waals surface area contributed by atoms with Gasteiger partial charge in [0, 0.05) is 11.6 Å². The third kappa shape index (κ3) is 3.01. The van der Waals surface area contributed by atoms with Crippen molar-refractivity contribution in [2.24, 2.45) is 0 Å². The van der Waals surface area contributed by atoms with E-state index < -0.39 is 28.4 Å². The van der Waals surface area contributed by atoms with Crippen molar-refractivity contribution in [3.05, 3.63) is 39.2 Å². The number of hydrogen-bond donors (Lipinski definition) is 2. The first-order valence-electron chi connectivity index (χ1n) is 5.23. The Balaban J connectivity index is 3.22. The Bertz CT molecular complexity index is 490. The minimum Gasteiger partial charge on any atom is -0.394 e. The highest BCUT2D eigenvalue weighted by atomic mass is 19.1. The summed E-state index contributed by atoms with van der Waals surface area (Å²) < 4.78 is 13.2. The van der Waals surface area contributed by atoms with Crippen LogP contribution in [0.3, 0.4) is 0 Å². The normalized spacial score (nSPS) is 12.0. The number of hydrogen-bond acceptors (Lipinski definition) is 4. The highest BCUT2D eigenvalue weighted by molar-refractivity contribution is 5.98. The van der Waals surface area contributed by atoms with Gasteiger partial charge in [0.15, 0.2) is 0 Å². The molecule has 0 aliphatic rings. The number of nitrogens with zero attached hydrogens (tertiary/aromatic N) is 1. The molecule has 0 aliphatic heterocycles. The average molecular weight is 256 g/mol. The molecule has 0 aliphatic carbocycles. The van der Waals surface area contributed by atoms with Gasteiger partial charge in [0.1, 0.15) is 11.4 Å². The molecule has 1 rings (SSSR count). The van der Waals surface area contributed by atoms with Crippen molar-refractivity contribution in [1.29, 1.82) is 0 Å². The minimum absolute atomic E-state index is 0.0711. The van der Waals surface area contributed by atoms with Crippen LogP contribution < -0.4 is 5.32 Å². The summed E-state index contributed by atoms with van der Waals surface area (Å²) in [4.78, 5) is 21.9. The number of halogens is 1. The first-order chi connectivity index (χ1) is 8.36. The molecule has 0 radical (unpaired) electrons. The summed E-state index contributed by atoms with van der Waals surface area (Å²) >= 11 is 0. The van der Waals surface area contributed by atoms with Crippen molar-refractivity contribution in [3.8, 4) is 0 Å². The Morgan fingerprint density at radius 1 is 1.61 bits per heavy atom. The quantitative estimate of drug-likeness (QED) is 0.624. The van der Waals surface area contributed by atoms with Crippen LogP contribution in [-0.4, -0.2) is 28.6 Å². The van der Waals surface area contributed by atoms with Crippen LogP contribution in [0.2, 0.25) is 0 Å². The first-order valence-corrected chi connectivity index (χ1v) is 5.23. The molecule has 18 heavy (non-hydrogen) atoms. The molecule has 0 bridgehead atoms. The maximum atomic E-state index is 13.2. The maximum absolute atomic E-state index is 13.2. The lowest BCUT2D eigenvalue weighted by molar-refractivity contribution is -0.385. The fourth-order valence-electron chi connectivity index (χ4n) is 1.50. The number of carbonyl (C=O) groups excluding carboxylic acids is 1. The number of nitrogens with one attached hydrogen (secondary N) is 1. The van der Waals surface area contributed by atoms with Crippen molar-refractivity contribution >= 4 is 11.6 Å². The molecular weight excluding hydrogens is 243 g/mol. The second kappa shape index (κ2) is 5.54. The molecule has 1 atom stereocenters. The van der Waals surface area contributed by atoms with Gasteiger partial charge in [-0.1, -0.05) is 0 Å². The Morgan fingerprint density at radius 3 is 2.72 bits per heavy atom. The lowest BCUT2D eigenvalue weighted by Gasteiger charge is -2.11. The molecule has 0 fully saturated rings. The van der Waals surface area contributed by atoms with Gasteiger partial charge in [-0.05, 0) is 26.0 Å². The fraction of sp³-hybridized carbons (Fsp3) is 0.364. The molecule has 1 aromatic rings. The number of amides is 1. The summed E-state index contributed by atoms with van der Waals surface area (Å²) in [6.45, 7) is 2.57. The Morgan fingerprint density at radius 2 is 2.22 bits per heavy atom. The summed E-state index contributed by atoms with van der Waals surface area (Å²) in [7, 11) is 0. The Labute approximate surface area is 103 Å². The van der Waals surface area contributed by atoms with Gasteiger partial charge in [0.25, 0.3) is 11.6 Å². The summed E-state index contributed by atoms with van der Waals surface area (Å²) in [5.74, 6) is -1.51. The zero-order valence-corrected chi connectivity index (χ0v) is 9.94. The number of nitro groups is 1. The lowest BCUT2D eigenvalue weighted by atomic mass is 10.1. The number of aliphatic hydroxyl groups excluding tert-OH is 1. The zero-order valence-electron chi connectivity index (χ0n) is 9.94. The van der Waals surface area contributed by atoms with E-state index in [4.69, 9.17) is 5.11 Å². The highest BCUT2D eigenvalue weighted by Crippen LogP contribution is 2.24. The van der Waals surface area contributed by atoms with E-state index in [1.807, 2.05) is 0 Å². The summed E-state index contributed by atoms with van der Waals surface area (Å²) in [6, 6.07) is 1.23. The molecule has 98 valence electrons. The lowest BCUT2D eigenvalue weighted by Crippen LogP contribution is -2.35. The number of aliphatic hydroxyl groups is 1. The van der Waals surface area contributed by atoms with E-state index in [0.717, 1.165) is 12.1 Å². The molecule has 7 heteroatoms. The summed E-state index contributed by atoms with van der Waals surface area (Å²) in [5.41, 5.74) is -0.710. The predicted molar refractivity (Wildman–Crippen MR) is 61.8 cm³/mol. The number of rotatable bonds is 4. The molecule has 1 amide bonds. The molecule has 0 saturated carbocycles. The molecule has 0 spiro atoms. The number of benzene rings is 1. The van der Waals surface area contributed by atoms with E-state index in [1.54, 1.807) is 0 Å². The van der Waals surface area contributed by atoms with Gasteiger partial charge in [-0.2, -0.15) is 0 Å². The summed E-state index contributed by atoms with van der Waals surface area (Å²) in [5, 5.41) is 22.0. The second-order valence-electron chi connectivity index (χ2n) is 3.93. The van der Waals surface area contributed by atoms with Gasteiger partial charge >= 0.3 is 0 Å². The van der Waals surface area contributed by atoms with Crippen LogP contribution in [0.15, 0.2) is 12.1 Å². The van der Waals surface area contributed by atoms with Gasteiger partial charge < -0.3 is 10.4 Å². The second-order valence-corrected chi connectivity index (χ2v) is 3.93. The topological polar surface area (TPSA) is 92.5 Å². The van der Waals surface area contributed by atoms with Crippen molar-refractivity contribution < 1.29 is 19.2 Å². The van der Waals surface area contributed by atoms with Gasteiger partial charge in [0.2, 0.25) is 0 Å². The van der Waals surface area contributed by atoms with E-state index >= 15 is 0 Å². The van der Waals surface area contributed by atoms with Gasteiger partial charge in [-0.25, -0.2) is 4.39 Å². The van der Waals surface area contributed by atoms with E-state index in [9.17, 15) is 19.3 Å². The van der Waals surface area contributed by atoms with Crippen LogP contribution >= 0.6 is 0 Å². The Kier molecular flexibility index (Phi) is 4.33. The van der Waals surface area contributed by atoms with Gasteiger partial charge in [-0.3, -0.25) is 14.9 Å². The molecule has 2 N–H and O–H groups in total. The minimum atomic E-state index is -0.786. The van der Waals surface area contributed by atoms with E-state index in [2.05, 4.69) is 5.32 Å². The number of carbonyl (C=O) groups is 1. The van der Waals surface area contributed by atoms with Crippen LogP contribution in [0.4, 0.5) is 10.1 Å². The van der Waals surface area contributed by atoms with Gasteiger partial charge in [0.05, 0.1) is 11.5 Å². The van der Waals surface area contributed by atoms with Crippen LogP contribution in [0, 0.1) is 22.9 Å². The van der Waals surface area contributed by atoms with Crippen molar-refractivity contribution in [2.45, 2.75) is 19.9 Å². The first kappa shape index (κ1) is 14.0. The van der Waals surface area contributed by atoms with E-state index in [1.165, 1.54) is 13.8 Å². The molecular formula is C11H13FN2O4. The predicted octanol–water partition coefficient (Wildman–Crippen LogP) is 1.15. The van der Waals surface area contributed by atoms with Crippen molar-refractivity contribution in [3.63, 3.8) is 0 Å². The molecule has 0 heterocycles. The third-order valence-corrected chi connectivity index (χ3v) is 2.34. The van der Waals surface area contributed by atoms with Crippen molar-refractivity contribution in [2.75, 3.05) is 6.61 Å². The largest absolute Gasteiger partial charge is 0.394 e. The Hall–Kier alpha value is -2.02. The standard InChI is InChI=1S/C11H13FN2O4/c1-6-3-8(12)4-9(10(6)14(17)18)11(16)13-7(2)5-15/h3-4,7,15H,5H2,1-2H3,(H,13,16).